The first-order chi connectivity index (χ1) is 13.6. The van der Waals surface area contributed by atoms with Crippen LogP contribution >= 0.6 is 23.2 Å². The van der Waals surface area contributed by atoms with Gasteiger partial charge < -0.3 is 15.7 Å². The molecule has 6 nitrogen and oxygen atoms in total. The van der Waals surface area contributed by atoms with Gasteiger partial charge in [0, 0.05) is 17.9 Å². The molecule has 0 amide bonds. The van der Waals surface area contributed by atoms with Gasteiger partial charge in [0.05, 0.1) is 16.0 Å². The van der Waals surface area contributed by atoms with Crippen molar-refractivity contribution < 1.29 is 23.1 Å². The number of alkyl halides is 3. The molecule has 1 aromatic carbocycles. The predicted molar refractivity (Wildman–Crippen MR) is 104 cm³/mol. The van der Waals surface area contributed by atoms with E-state index in [0.717, 1.165) is 0 Å². The highest BCUT2D eigenvalue weighted by atomic mass is 35.5. The standard InChI is InChI=1S/C18H17Cl2F3N4O2/c19-13-6-5-11(7-14(13)20)26-17-24-8-12(18(21,22)23)15(27-17)25-10-3-1-9(2-4-10)16(28)29/h5-10H,1-4H2,(H,28,29)(H2,24,25,26,27)/t9-,10+. The fraction of sp³-hybridized carbons (Fsp3) is 0.389. The first-order valence-electron chi connectivity index (χ1n) is 8.79. The van der Waals surface area contributed by atoms with Crippen LogP contribution < -0.4 is 10.6 Å². The van der Waals surface area contributed by atoms with Gasteiger partial charge in [-0.1, -0.05) is 23.2 Å². The van der Waals surface area contributed by atoms with Crippen LogP contribution in [-0.4, -0.2) is 27.1 Å². The molecule has 1 heterocycles. The number of anilines is 3. The number of carboxylic acid groups (broad SMARTS) is 1. The van der Waals surface area contributed by atoms with E-state index in [2.05, 4.69) is 20.6 Å². The lowest BCUT2D eigenvalue weighted by Gasteiger charge is -2.28. The van der Waals surface area contributed by atoms with Crippen molar-refractivity contribution in [1.29, 1.82) is 0 Å². The van der Waals surface area contributed by atoms with Crippen molar-refractivity contribution in [2.24, 2.45) is 5.92 Å². The molecule has 29 heavy (non-hydrogen) atoms. The van der Waals surface area contributed by atoms with Crippen LogP contribution in [0.4, 0.5) is 30.6 Å². The average Bonchev–Trinajstić information content (AvgIpc) is 2.64. The van der Waals surface area contributed by atoms with Crippen molar-refractivity contribution >= 4 is 46.6 Å². The molecular weight excluding hydrogens is 432 g/mol. The number of rotatable bonds is 5. The Labute approximate surface area is 174 Å². The second-order valence-corrected chi connectivity index (χ2v) is 7.55. The van der Waals surface area contributed by atoms with E-state index in [-0.39, 0.29) is 22.8 Å². The first-order valence-corrected chi connectivity index (χ1v) is 9.54. The number of aliphatic carboxylic acids is 1. The van der Waals surface area contributed by atoms with Gasteiger partial charge in [-0.2, -0.15) is 18.2 Å². The minimum Gasteiger partial charge on any atom is -0.481 e. The summed E-state index contributed by atoms with van der Waals surface area (Å²) in [5.74, 6) is -1.74. The number of carboxylic acids is 1. The molecule has 11 heteroatoms. The number of nitrogens with zero attached hydrogens (tertiary/aromatic N) is 2. The van der Waals surface area contributed by atoms with Crippen LogP contribution in [0.3, 0.4) is 0 Å². The number of hydrogen-bond donors (Lipinski definition) is 3. The summed E-state index contributed by atoms with van der Waals surface area (Å²) in [4.78, 5) is 18.8. The van der Waals surface area contributed by atoms with Crippen LogP contribution in [0.5, 0.6) is 0 Å². The number of hydrogen-bond acceptors (Lipinski definition) is 5. The number of carbonyl (C=O) groups is 1. The summed E-state index contributed by atoms with van der Waals surface area (Å²) in [5, 5.41) is 15.3. The van der Waals surface area contributed by atoms with Crippen LogP contribution in [0.2, 0.25) is 10.0 Å². The first kappa shape index (κ1) is 21.4. The lowest BCUT2D eigenvalue weighted by Crippen LogP contribution is -2.30. The molecule has 0 unspecified atom stereocenters. The van der Waals surface area contributed by atoms with Gasteiger partial charge in [0.1, 0.15) is 11.4 Å². The molecule has 1 saturated carbocycles. The summed E-state index contributed by atoms with van der Waals surface area (Å²) < 4.78 is 40.1. The van der Waals surface area contributed by atoms with Crippen molar-refractivity contribution in [2.75, 3.05) is 10.6 Å². The van der Waals surface area contributed by atoms with Gasteiger partial charge >= 0.3 is 12.1 Å². The van der Waals surface area contributed by atoms with E-state index in [9.17, 15) is 18.0 Å². The lowest BCUT2D eigenvalue weighted by molar-refractivity contribution is -0.142. The topological polar surface area (TPSA) is 87.1 Å². The van der Waals surface area contributed by atoms with E-state index in [1.165, 1.54) is 12.1 Å². The molecule has 1 aliphatic carbocycles. The molecule has 156 valence electrons. The third-order valence-corrected chi connectivity index (χ3v) is 5.43. The molecule has 1 fully saturated rings. The van der Waals surface area contributed by atoms with Gasteiger partial charge in [0.2, 0.25) is 5.95 Å². The largest absolute Gasteiger partial charge is 0.481 e. The van der Waals surface area contributed by atoms with Crippen LogP contribution in [-0.2, 0) is 11.0 Å². The molecule has 2 aromatic rings. The monoisotopic (exact) mass is 448 g/mol. The van der Waals surface area contributed by atoms with Crippen LogP contribution in [0.15, 0.2) is 24.4 Å². The van der Waals surface area contributed by atoms with Gasteiger partial charge in [-0.3, -0.25) is 4.79 Å². The van der Waals surface area contributed by atoms with Gasteiger partial charge in [0.25, 0.3) is 0 Å². The summed E-state index contributed by atoms with van der Waals surface area (Å²) in [6.07, 6.45) is -2.26. The maximum Gasteiger partial charge on any atom is 0.421 e. The van der Waals surface area contributed by atoms with Crippen molar-refractivity contribution in [1.82, 2.24) is 9.97 Å². The van der Waals surface area contributed by atoms with Crippen LogP contribution in [0.1, 0.15) is 31.2 Å². The Hall–Kier alpha value is -2.26. The molecule has 1 aliphatic rings. The van der Waals surface area contributed by atoms with E-state index >= 15 is 0 Å². The summed E-state index contributed by atoms with van der Waals surface area (Å²) in [5.41, 5.74) is -0.523. The Morgan fingerprint density at radius 1 is 1.14 bits per heavy atom. The van der Waals surface area contributed by atoms with Crippen molar-refractivity contribution in [3.63, 3.8) is 0 Å². The number of halogens is 5. The Kier molecular flexibility index (Phi) is 6.38. The quantitative estimate of drug-likeness (QED) is 0.551. The summed E-state index contributed by atoms with van der Waals surface area (Å²) in [6, 6.07) is 4.33. The zero-order valence-corrected chi connectivity index (χ0v) is 16.4. The van der Waals surface area contributed by atoms with E-state index < -0.39 is 23.6 Å². The third-order valence-electron chi connectivity index (χ3n) is 4.69. The molecule has 3 rings (SSSR count). The molecule has 0 radical (unpaired) electrons. The Balaban J connectivity index is 1.81. The van der Waals surface area contributed by atoms with E-state index in [1.54, 1.807) is 6.07 Å². The highest BCUT2D eigenvalue weighted by Crippen LogP contribution is 2.36. The minimum absolute atomic E-state index is 0.0434. The molecule has 0 spiro atoms. The normalized spacial score (nSPS) is 19.6. The highest BCUT2D eigenvalue weighted by molar-refractivity contribution is 6.42. The van der Waals surface area contributed by atoms with Gasteiger partial charge in [-0.25, -0.2) is 4.98 Å². The van der Waals surface area contributed by atoms with Gasteiger partial charge in [-0.15, -0.1) is 0 Å². The number of benzene rings is 1. The number of nitrogens with one attached hydrogen (secondary N) is 2. The van der Waals surface area contributed by atoms with Gasteiger partial charge in [0.15, 0.2) is 0 Å². The predicted octanol–water partition coefficient (Wildman–Crippen LogP) is 5.60. The Bertz CT molecular complexity index is 903. The molecule has 0 saturated heterocycles. The Morgan fingerprint density at radius 2 is 1.83 bits per heavy atom. The highest BCUT2D eigenvalue weighted by Gasteiger charge is 2.36. The minimum atomic E-state index is -4.64. The second-order valence-electron chi connectivity index (χ2n) is 6.74. The second kappa shape index (κ2) is 8.62. The molecule has 3 N–H and O–H groups in total. The van der Waals surface area contributed by atoms with E-state index in [1.807, 2.05) is 0 Å². The third kappa shape index (κ3) is 5.42. The van der Waals surface area contributed by atoms with Crippen LogP contribution in [0.25, 0.3) is 0 Å². The molecule has 0 atom stereocenters. The fourth-order valence-corrected chi connectivity index (χ4v) is 3.44. The molecule has 0 bridgehead atoms. The lowest BCUT2D eigenvalue weighted by atomic mass is 9.86. The summed E-state index contributed by atoms with van der Waals surface area (Å²) in [6.45, 7) is 0. The van der Waals surface area contributed by atoms with Crippen molar-refractivity contribution in [2.45, 2.75) is 37.9 Å². The molecular formula is C18H17Cl2F3N4O2. The molecule has 1 aromatic heterocycles. The van der Waals surface area contributed by atoms with Crippen molar-refractivity contribution in [3.05, 3.63) is 40.0 Å². The maximum atomic E-state index is 13.4. The van der Waals surface area contributed by atoms with E-state index in [0.29, 0.717) is 42.6 Å². The zero-order valence-electron chi connectivity index (χ0n) is 14.9. The summed E-state index contributed by atoms with van der Waals surface area (Å²) >= 11 is 11.8. The van der Waals surface area contributed by atoms with Crippen LogP contribution in [0, 0.1) is 5.92 Å². The SMILES string of the molecule is O=C(O)[C@H]1CC[C@@H](Nc2nc(Nc3ccc(Cl)c(Cl)c3)ncc2C(F)(F)F)CC1. The summed E-state index contributed by atoms with van der Waals surface area (Å²) in [7, 11) is 0. The maximum absolute atomic E-state index is 13.4. The average molecular weight is 449 g/mol. The molecule has 0 aliphatic heterocycles. The fourth-order valence-electron chi connectivity index (χ4n) is 3.14. The van der Waals surface area contributed by atoms with Crippen molar-refractivity contribution in [3.8, 4) is 0 Å². The van der Waals surface area contributed by atoms with Gasteiger partial charge in [-0.05, 0) is 43.9 Å². The number of aromatic nitrogens is 2. The smallest absolute Gasteiger partial charge is 0.421 e. The van der Waals surface area contributed by atoms with E-state index in [4.69, 9.17) is 28.3 Å². The Morgan fingerprint density at radius 3 is 2.41 bits per heavy atom. The zero-order chi connectivity index (χ0) is 21.2.